The number of hydrogen-bond donors (Lipinski definition) is 1. The molecule has 0 aromatic rings. The molecule has 0 atom stereocenters. The molecule has 12 heavy (non-hydrogen) atoms. The van der Waals surface area contributed by atoms with Crippen molar-refractivity contribution >= 4 is 5.97 Å². The van der Waals surface area contributed by atoms with E-state index < -0.39 is 0 Å². The number of ether oxygens (including phenoxy) is 1. The Morgan fingerprint density at radius 3 is 2.50 bits per heavy atom. The maximum Gasteiger partial charge on any atom is 0.306 e. The SMILES string of the molecule is O=C1CCC2(CCC(O)CC2)O1. The van der Waals surface area contributed by atoms with Crippen molar-refractivity contribution in [1.29, 1.82) is 0 Å². The first-order chi connectivity index (χ1) is 5.70. The molecule has 2 rings (SSSR count). The Labute approximate surface area is 71.7 Å². The molecule has 1 saturated heterocycles. The molecular weight excluding hydrogens is 156 g/mol. The van der Waals surface area contributed by atoms with Crippen LogP contribution in [0.5, 0.6) is 0 Å². The fourth-order valence-electron chi connectivity index (χ4n) is 2.15. The normalized spacial score (nSPS) is 41.8. The second-order valence-electron chi connectivity index (χ2n) is 3.89. The molecule has 0 unspecified atom stereocenters. The van der Waals surface area contributed by atoms with Crippen LogP contribution in [0.15, 0.2) is 0 Å². The van der Waals surface area contributed by atoms with Crippen LogP contribution in [-0.2, 0) is 9.53 Å². The summed E-state index contributed by atoms with van der Waals surface area (Å²) >= 11 is 0. The number of esters is 1. The summed E-state index contributed by atoms with van der Waals surface area (Å²) in [6.45, 7) is 0. The van der Waals surface area contributed by atoms with Crippen LogP contribution in [0.2, 0.25) is 0 Å². The molecule has 0 aromatic heterocycles. The zero-order chi connectivity index (χ0) is 8.60. The van der Waals surface area contributed by atoms with E-state index in [0.717, 1.165) is 32.1 Å². The molecule has 1 saturated carbocycles. The van der Waals surface area contributed by atoms with Gasteiger partial charge in [0.2, 0.25) is 0 Å². The molecule has 1 spiro atoms. The van der Waals surface area contributed by atoms with Gasteiger partial charge in [-0.1, -0.05) is 0 Å². The zero-order valence-electron chi connectivity index (χ0n) is 7.08. The molecule has 1 aliphatic heterocycles. The first-order valence-electron chi connectivity index (χ1n) is 4.60. The van der Waals surface area contributed by atoms with Gasteiger partial charge < -0.3 is 9.84 Å². The number of hydrogen-bond acceptors (Lipinski definition) is 3. The number of carbonyl (C=O) groups is 1. The highest BCUT2D eigenvalue weighted by molar-refractivity contribution is 5.72. The lowest BCUT2D eigenvalue weighted by Gasteiger charge is -2.33. The maximum atomic E-state index is 10.9. The second-order valence-corrected chi connectivity index (χ2v) is 3.89. The summed E-state index contributed by atoms with van der Waals surface area (Å²) in [6, 6.07) is 0. The summed E-state index contributed by atoms with van der Waals surface area (Å²) in [5.41, 5.74) is -0.184. The molecular formula is C9H14O3. The smallest absolute Gasteiger partial charge is 0.306 e. The van der Waals surface area contributed by atoms with Crippen LogP contribution in [0.25, 0.3) is 0 Å². The van der Waals surface area contributed by atoms with E-state index in [9.17, 15) is 9.90 Å². The van der Waals surface area contributed by atoms with Crippen molar-refractivity contribution in [3.8, 4) is 0 Å². The summed E-state index contributed by atoms with van der Waals surface area (Å²) in [4.78, 5) is 10.9. The predicted octanol–water partition coefficient (Wildman–Crippen LogP) is 0.997. The Morgan fingerprint density at radius 1 is 1.33 bits per heavy atom. The zero-order valence-corrected chi connectivity index (χ0v) is 7.08. The van der Waals surface area contributed by atoms with E-state index in [1.54, 1.807) is 0 Å². The van der Waals surface area contributed by atoms with Gasteiger partial charge in [-0.3, -0.25) is 4.79 Å². The van der Waals surface area contributed by atoms with Crippen LogP contribution in [0.3, 0.4) is 0 Å². The highest BCUT2D eigenvalue weighted by Gasteiger charge is 2.42. The Bertz CT molecular complexity index is 192. The van der Waals surface area contributed by atoms with Gasteiger partial charge in [0.15, 0.2) is 0 Å². The van der Waals surface area contributed by atoms with E-state index in [1.165, 1.54) is 0 Å². The van der Waals surface area contributed by atoms with Gasteiger partial charge >= 0.3 is 5.97 Å². The molecule has 2 fully saturated rings. The molecule has 2 aliphatic rings. The third kappa shape index (κ3) is 1.33. The van der Waals surface area contributed by atoms with Crippen molar-refractivity contribution in [2.24, 2.45) is 0 Å². The van der Waals surface area contributed by atoms with Gasteiger partial charge in [0, 0.05) is 6.42 Å². The van der Waals surface area contributed by atoms with Gasteiger partial charge in [-0.25, -0.2) is 0 Å². The fraction of sp³-hybridized carbons (Fsp3) is 0.889. The van der Waals surface area contributed by atoms with Crippen LogP contribution in [0, 0.1) is 0 Å². The first kappa shape index (κ1) is 8.05. The van der Waals surface area contributed by atoms with Crippen molar-refractivity contribution in [2.75, 3.05) is 0 Å². The van der Waals surface area contributed by atoms with E-state index in [2.05, 4.69) is 0 Å². The summed E-state index contributed by atoms with van der Waals surface area (Å²) < 4.78 is 5.29. The molecule has 1 heterocycles. The number of aliphatic hydroxyl groups is 1. The third-order valence-electron chi connectivity index (χ3n) is 2.98. The van der Waals surface area contributed by atoms with Crippen LogP contribution >= 0.6 is 0 Å². The van der Waals surface area contributed by atoms with Crippen LogP contribution in [-0.4, -0.2) is 22.8 Å². The monoisotopic (exact) mass is 170 g/mol. The third-order valence-corrected chi connectivity index (χ3v) is 2.98. The highest BCUT2D eigenvalue weighted by atomic mass is 16.6. The molecule has 3 nitrogen and oxygen atoms in total. The second kappa shape index (κ2) is 2.73. The van der Waals surface area contributed by atoms with Gasteiger partial charge in [-0.05, 0) is 32.1 Å². The van der Waals surface area contributed by atoms with Gasteiger partial charge in [0.05, 0.1) is 6.10 Å². The maximum absolute atomic E-state index is 10.9. The van der Waals surface area contributed by atoms with Crippen LogP contribution in [0.1, 0.15) is 38.5 Å². The topological polar surface area (TPSA) is 46.5 Å². The van der Waals surface area contributed by atoms with Gasteiger partial charge in [-0.2, -0.15) is 0 Å². The molecule has 68 valence electrons. The summed E-state index contributed by atoms with van der Waals surface area (Å²) in [5.74, 6) is -0.0635. The Kier molecular flexibility index (Phi) is 1.83. The van der Waals surface area contributed by atoms with E-state index in [0.29, 0.717) is 6.42 Å². The number of rotatable bonds is 0. The van der Waals surface area contributed by atoms with E-state index >= 15 is 0 Å². The van der Waals surface area contributed by atoms with Crippen molar-refractivity contribution in [3.63, 3.8) is 0 Å². The Morgan fingerprint density at radius 2 is 2.00 bits per heavy atom. The molecule has 0 radical (unpaired) electrons. The Balaban J connectivity index is 1.99. The Hall–Kier alpha value is -0.570. The van der Waals surface area contributed by atoms with Gasteiger partial charge in [0.1, 0.15) is 5.60 Å². The average molecular weight is 170 g/mol. The summed E-state index contributed by atoms with van der Waals surface area (Å²) in [6.07, 6.45) is 4.52. The minimum Gasteiger partial charge on any atom is -0.459 e. The van der Waals surface area contributed by atoms with Crippen molar-refractivity contribution in [3.05, 3.63) is 0 Å². The largest absolute Gasteiger partial charge is 0.459 e. The number of carbonyl (C=O) groups excluding carboxylic acids is 1. The van der Waals surface area contributed by atoms with Crippen LogP contribution in [0.4, 0.5) is 0 Å². The predicted molar refractivity (Wildman–Crippen MR) is 42.5 cm³/mol. The van der Waals surface area contributed by atoms with Gasteiger partial charge in [-0.15, -0.1) is 0 Å². The average Bonchev–Trinajstić information content (AvgIpc) is 2.40. The minimum absolute atomic E-state index is 0.0635. The molecule has 0 amide bonds. The summed E-state index contributed by atoms with van der Waals surface area (Å²) in [7, 11) is 0. The van der Waals surface area contributed by atoms with E-state index in [4.69, 9.17) is 4.74 Å². The molecule has 0 aromatic carbocycles. The fourth-order valence-corrected chi connectivity index (χ4v) is 2.15. The number of aliphatic hydroxyl groups excluding tert-OH is 1. The summed E-state index contributed by atoms with van der Waals surface area (Å²) in [5, 5.41) is 9.28. The quantitative estimate of drug-likeness (QED) is 0.551. The standard InChI is InChI=1S/C9H14O3/c10-7-1-4-9(5-2-7)6-3-8(11)12-9/h7,10H,1-6H2. The lowest BCUT2D eigenvalue weighted by Crippen LogP contribution is -2.35. The van der Waals surface area contributed by atoms with Crippen LogP contribution < -0.4 is 0 Å². The minimum atomic E-state index is -0.184. The lowest BCUT2D eigenvalue weighted by molar-refractivity contribution is -0.152. The van der Waals surface area contributed by atoms with Gasteiger partial charge in [0.25, 0.3) is 0 Å². The molecule has 1 N–H and O–H groups in total. The van der Waals surface area contributed by atoms with E-state index in [-0.39, 0.29) is 17.7 Å². The van der Waals surface area contributed by atoms with Crippen molar-refractivity contribution < 1.29 is 14.6 Å². The molecule has 1 aliphatic carbocycles. The first-order valence-corrected chi connectivity index (χ1v) is 4.60. The van der Waals surface area contributed by atoms with E-state index in [1.807, 2.05) is 0 Å². The molecule has 0 bridgehead atoms. The van der Waals surface area contributed by atoms with Crippen molar-refractivity contribution in [1.82, 2.24) is 0 Å². The molecule has 3 heteroatoms. The highest BCUT2D eigenvalue weighted by Crippen LogP contribution is 2.39. The van der Waals surface area contributed by atoms with Crippen molar-refractivity contribution in [2.45, 2.75) is 50.2 Å². The lowest BCUT2D eigenvalue weighted by atomic mass is 9.81.